The molecule has 3 aromatic heterocycles. The Kier molecular flexibility index (Phi) is 5.63. The summed E-state index contributed by atoms with van der Waals surface area (Å²) in [5.41, 5.74) is 9.23. The second kappa shape index (κ2) is 10.4. The van der Waals surface area contributed by atoms with E-state index >= 15 is 0 Å². The van der Waals surface area contributed by atoms with E-state index in [2.05, 4.69) is 150 Å². The third kappa shape index (κ3) is 3.87. The van der Waals surface area contributed by atoms with Crippen molar-refractivity contribution in [2.75, 3.05) is 0 Å². The van der Waals surface area contributed by atoms with Gasteiger partial charge in [-0.3, -0.25) is 4.57 Å². The molecule has 0 spiro atoms. The van der Waals surface area contributed by atoms with Crippen LogP contribution in [0, 0.1) is 0 Å². The van der Waals surface area contributed by atoms with Crippen molar-refractivity contribution >= 4 is 65.3 Å². The lowest BCUT2D eigenvalue weighted by Crippen LogP contribution is -2.02. The van der Waals surface area contributed by atoms with Gasteiger partial charge in [0.15, 0.2) is 5.82 Å². The molecule has 0 aliphatic heterocycles. The predicted molar refractivity (Wildman–Crippen MR) is 206 cm³/mol. The van der Waals surface area contributed by atoms with Crippen molar-refractivity contribution in [2.45, 2.75) is 0 Å². The fourth-order valence-electron chi connectivity index (χ4n) is 8.02. The van der Waals surface area contributed by atoms with E-state index in [0.29, 0.717) is 5.82 Å². The summed E-state index contributed by atoms with van der Waals surface area (Å²) in [5, 5.41) is 9.66. The van der Waals surface area contributed by atoms with Crippen LogP contribution in [0.2, 0.25) is 0 Å². The van der Waals surface area contributed by atoms with E-state index in [1.807, 2.05) is 18.2 Å². The summed E-state index contributed by atoms with van der Waals surface area (Å²) in [7, 11) is 0. The van der Waals surface area contributed by atoms with Gasteiger partial charge in [-0.15, -0.1) is 0 Å². The Morgan fingerprint density at radius 1 is 0.400 bits per heavy atom. The summed E-state index contributed by atoms with van der Waals surface area (Å²) in [6, 6.07) is 57.7. The number of fused-ring (bicyclic) bond motifs is 6. The van der Waals surface area contributed by atoms with Crippen LogP contribution in [0.3, 0.4) is 0 Å². The molecular weight excluding hydrogens is 611 g/mol. The van der Waals surface area contributed by atoms with Crippen LogP contribution in [0.25, 0.3) is 105 Å². The first-order valence-corrected chi connectivity index (χ1v) is 16.9. The average molecular weight is 638 g/mol. The largest absolute Gasteiger partial charge is 0.456 e. The molecule has 4 nitrogen and oxygen atoms in total. The van der Waals surface area contributed by atoms with E-state index < -0.39 is 0 Å². The fraction of sp³-hybridized carbons (Fsp3) is 0. The van der Waals surface area contributed by atoms with E-state index in [9.17, 15) is 0 Å². The number of para-hydroxylation sites is 2. The lowest BCUT2D eigenvalue weighted by Gasteiger charge is -2.14. The summed E-state index contributed by atoms with van der Waals surface area (Å²) >= 11 is 0. The van der Waals surface area contributed by atoms with Gasteiger partial charge < -0.3 is 4.42 Å². The monoisotopic (exact) mass is 637 g/mol. The smallest absolute Gasteiger partial charge is 0.162 e. The summed E-state index contributed by atoms with van der Waals surface area (Å²) in [5.74, 6) is 1.52. The minimum atomic E-state index is 0.688. The number of aromatic nitrogens is 3. The minimum absolute atomic E-state index is 0.688. The van der Waals surface area contributed by atoms with Crippen molar-refractivity contribution in [2.24, 2.45) is 0 Å². The third-order valence-corrected chi connectivity index (χ3v) is 10.2. The molecule has 11 aromatic rings. The molecular formula is C46H27N3O. The van der Waals surface area contributed by atoms with Gasteiger partial charge in [-0.1, -0.05) is 127 Å². The quantitative estimate of drug-likeness (QED) is 0.180. The van der Waals surface area contributed by atoms with E-state index in [4.69, 9.17) is 14.4 Å². The number of hydrogen-bond donors (Lipinski definition) is 0. The van der Waals surface area contributed by atoms with E-state index in [-0.39, 0.29) is 0 Å². The highest BCUT2D eigenvalue weighted by molar-refractivity contribution is 6.35. The fourth-order valence-corrected chi connectivity index (χ4v) is 8.02. The Labute approximate surface area is 286 Å². The zero-order valence-electron chi connectivity index (χ0n) is 26.8. The highest BCUT2D eigenvalue weighted by Gasteiger charge is 2.21. The molecule has 0 saturated heterocycles. The highest BCUT2D eigenvalue weighted by Crippen LogP contribution is 2.46. The molecule has 0 radical (unpaired) electrons. The first-order chi connectivity index (χ1) is 24.8. The van der Waals surface area contributed by atoms with Crippen LogP contribution in [-0.4, -0.2) is 14.5 Å². The van der Waals surface area contributed by atoms with Crippen molar-refractivity contribution < 1.29 is 4.42 Å². The molecule has 0 saturated carbocycles. The van der Waals surface area contributed by atoms with E-state index in [1.54, 1.807) is 0 Å². The number of hydrogen-bond acceptors (Lipinski definition) is 3. The minimum Gasteiger partial charge on any atom is -0.456 e. The van der Waals surface area contributed by atoms with Crippen LogP contribution in [0.4, 0.5) is 0 Å². The molecule has 11 rings (SSSR count). The molecule has 0 fully saturated rings. The van der Waals surface area contributed by atoms with Gasteiger partial charge in [0, 0.05) is 44.1 Å². The van der Waals surface area contributed by atoms with Gasteiger partial charge in [-0.25, -0.2) is 9.97 Å². The lowest BCUT2D eigenvalue weighted by atomic mass is 9.89. The Morgan fingerprint density at radius 3 is 1.80 bits per heavy atom. The Balaban J connectivity index is 1.17. The van der Waals surface area contributed by atoms with Crippen LogP contribution < -0.4 is 0 Å². The molecule has 8 aromatic carbocycles. The van der Waals surface area contributed by atoms with Gasteiger partial charge >= 0.3 is 0 Å². The molecule has 0 amide bonds. The number of furan rings is 1. The second-order valence-electron chi connectivity index (χ2n) is 12.9. The highest BCUT2D eigenvalue weighted by atomic mass is 16.3. The van der Waals surface area contributed by atoms with Crippen molar-refractivity contribution in [1.29, 1.82) is 0 Å². The summed E-state index contributed by atoms with van der Waals surface area (Å²) in [6.45, 7) is 0. The maximum absolute atomic E-state index is 6.41. The summed E-state index contributed by atoms with van der Waals surface area (Å²) < 4.78 is 8.68. The van der Waals surface area contributed by atoms with E-state index in [1.165, 1.54) is 48.7 Å². The Bertz CT molecular complexity index is 3040. The van der Waals surface area contributed by atoms with Gasteiger partial charge in [-0.05, 0) is 57.6 Å². The first-order valence-electron chi connectivity index (χ1n) is 16.9. The molecule has 0 bridgehead atoms. The lowest BCUT2D eigenvalue weighted by molar-refractivity contribution is 0.669. The third-order valence-electron chi connectivity index (χ3n) is 10.2. The SMILES string of the molecule is c1ccc(-c2nc(-c3cccc(-c4ccc5oc6cccc7c8ccccc8c4c5c67)c3)cc(-n3c4ccccc4c4ccccc43)n2)cc1. The molecule has 0 aliphatic carbocycles. The Morgan fingerprint density at radius 2 is 1.00 bits per heavy atom. The van der Waals surface area contributed by atoms with Gasteiger partial charge in [0.25, 0.3) is 0 Å². The molecule has 4 heteroatoms. The molecule has 50 heavy (non-hydrogen) atoms. The van der Waals surface area contributed by atoms with Crippen LogP contribution in [0.5, 0.6) is 0 Å². The summed E-state index contributed by atoms with van der Waals surface area (Å²) in [4.78, 5) is 10.4. The van der Waals surface area contributed by atoms with Crippen molar-refractivity contribution in [3.8, 4) is 39.6 Å². The van der Waals surface area contributed by atoms with Crippen molar-refractivity contribution in [3.05, 3.63) is 164 Å². The molecule has 3 heterocycles. The van der Waals surface area contributed by atoms with Crippen molar-refractivity contribution in [1.82, 2.24) is 14.5 Å². The molecule has 0 unspecified atom stereocenters. The Hall–Kier alpha value is -6.78. The van der Waals surface area contributed by atoms with Crippen LogP contribution in [0.15, 0.2) is 168 Å². The topological polar surface area (TPSA) is 43.9 Å². The maximum Gasteiger partial charge on any atom is 0.162 e. The number of rotatable bonds is 4. The van der Waals surface area contributed by atoms with Gasteiger partial charge in [-0.2, -0.15) is 0 Å². The zero-order chi connectivity index (χ0) is 32.8. The second-order valence-corrected chi connectivity index (χ2v) is 12.9. The number of nitrogens with zero attached hydrogens (tertiary/aromatic N) is 3. The van der Waals surface area contributed by atoms with Crippen LogP contribution >= 0.6 is 0 Å². The molecule has 0 atom stereocenters. The predicted octanol–water partition coefficient (Wildman–Crippen LogP) is 12.2. The average Bonchev–Trinajstić information content (AvgIpc) is 3.74. The number of benzene rings is 8. The summed E-state index contributed by atoms with van der Waals surface area (Å²) in [6.07, 6.45) is 0. The molecule has 0 N–H and O–H groups in total. The van der Waals surface area contributed by atoms with Crippen LogP contribution in [0.1, 0.15) is 0 Å². The van der Waals surface area contributed by atoms with E-state index in [0.717, 1.165) is 50.4 Å². The van der Waals surface area contributed by atoms with Gasteiger partial charge in [0.1, 0.15) is 17.0 Å². The molecule has 0 aliphatic rings. The zero-order valence-corrected chi connectivity index (χ0v) is 26.8. The first kappa shape index (κ1) is 27.2. The maximum atomic E-state index is 6.41. The van der Waals surface area contributed by atoms with Gasteiger partial charge in [0.2, 0.25) is 0 Å². The van der Waals surface area contributed by atoms with Crippen molar-refractivity contribution in [3.63, 3.8) is 0 Å². The van der Waals surface area contributed by atoms with Gasteiger partial charge in [0.05, 0.1) is 16.7 Å². The molecule has 232 valence electrons. The normalized spacial score (nSPS) is 12.0. The van der Waals surface area contributed by atoms with Crippen LogP contribution in [-0.2, 0) is 0 Å². The standard InChI is InChI=1S/C46H27N3O/c1-2-12-28(13-3-1)46-47-37(27-42(48-46)49-38-21-8-6-17-33(38)34-18-7-9-22-39(34)49)30-15-10-14-29(26-30)31-24-25-41-45-43(31)35-19-5-4-16-32(35)36-20-11-23-40(50-41)44(36)45/h1-27H.